The molecule has 0 fully saturated rings. The van der Waals surface area contributed by atoms with Gasteiger partial charge in [-0.05, 0) is 13.8 Å². The average Bonchev–Trinajstić information content (AvgIpc) is 2.31. The summed E-state index contributed by atoms with van der Waals surface area (Å²) in [5, 5.41) is 1.93. The van der Waals surface area contributed by atoms with Gasteiger partial charge < -0.3 is 0 Å². The second kappa shape index (κ2) is 2.42. The van der Waals surface area contributed by atoms with Crippen LogP contribution in [0.25, 0.3) is 4.96 Å². The number of hydrogen-bond acceptors (Lipinski definition) is 3. The van der Waals surface area contributed by atoms with E-state index in [1.807, 2.05) is 19.2 Å². The molecule has 0 unspecified atom stereocenters. The summed E-state index contributed by atoms with van der Waals surface area (Å²) < 4.78 is 1.62. The molecule has 0 N–H and O–H groups in total. The highest BCUT2D eigenvalue weighted by molar-refractivity contribution is 7.15. The number of nitrogens with zero attached hydrogens (tertiary/aromatic N) is 2. The third kappa shape index (κ3) is 0.956. The predicted octanol–water partition coefficient (Wildman–Crippen LogP) is 1.37. The molecule has 4 heteroatoms. The van der Waals surface area contributed by atoms with Crippen LogP contribution in [0.15, 0.2) is 16.2 Å². The SMILES string of the molecule is Cc1cc(=O)n2c(C)csc2n1. The number of aryl methyl sites for hydroxylation is 2. The lowest BCUT2D eigenvalue weighted by Crippen LogP contribution is -2.13. The molecule has 0 saturated heterocycles. The predicted molar refractivity (Wildman–Crippen MR) is 48.8 cm³/mol. The van der Waals surface area contributed by atoms with Crippen molar-refractivity contribution in [1.82, 2.24) is 9.38 Å². The molecule has 0 amide bonds. The quantitative estimate of drug-likeness (QED) is 0.613. The molecule has 0 aromatic carbocycles. The van der Waals surface area contributed by atoms with Crippen LogP contribution in [0.3, 0.4) is 0 Å². The first-order valence-electron chi connectivity index (χ1n) is 3.63. The van der Waals surface area contributed by atoms with Crippen molar-refractivity contribution in [3.05, 3.63) is 33.2 Å². The van der Waals surface area contributed by atoms with Crippen LogP contribution in [0.1, 0.15) is 11.4 Å². The summed E-state index contributed by atoms with van der Waals surface area (Å²) in [6.07, 6.45) is 0. The molecular formula is C8H8N2OS. The van der Waals surface area contributed by atoms with E-state index >= 15 is 0 Å². The summed E-state index contributed by atoms with van der Waals surface area (Å²) in [5.41, 5.74) is 1.74. The van der Waals surface area contributed by atoms with E-state index in [0.29, 0.717) is 0 Å². The van der Waals surface area contributed by atoms with Crippen LogP contribution in [0, 0.1) is 13.8 Å². The second-order valence-electron chi connectivity index (χ2n) is 2.73. The maximum absolute atomic E-state index is 11.4. The Kier molecular flexibility index (Phi) is 1.51. The van der Waals surface area contributed by atoms with Crippen LogP contribution in [-0.2, 0) is 0 Å². The largest absolute Gasteiger partial charge is 0.269 e. The molecule has 0 bridgehead atoms. The van der Waals surface area contributed by atoms with E-state index in [9.17, 15) is 4.79 Å². The molecule has 2 heterocycles. The van der Waals surface area contributed by atoms with E-state index < -0.39 is 0 Å². The zero-order valence-electron chi connectivity index (χ0n) is 6.87. The summed E-state index contributed by atoms with van der Waals surface area (Å²) in [6.45, 7) is 3.73. The smallest absolute Gasteiger partial charge is 0.258 e. The van der Waals surface area contributed by atoms with Gasteiger partial charge in [0.05, 0.1) is 0 Å². The molecule has 0 aliphatic rings. The first-order chi connectivity index (χ1) is 5.68. The van der Waals surface area contributed by atoms with Gasteiger partial charge in [0, 0.05) is 22.8 Å². The highest BCUT2D eigenvalue weighted by Crippen LogP contribution is 2.10. The highest BCUT2D eigenvalue weighted by atomic mass is 32.1. The summed E-state index contributed by atoms with van der Waals surface area (Å²) in [7, 11) is 0. The Morgan fingerprint density at radius 1 is 1.50 bits per heavy atom. The molecule has 0 aliphatic carbocycles. The number of rotatable bonds is 0. The maximum Gasteiger partial charge on any atom is 0.258 e. The summed E-state index contributed by atoms with van der Waals surface area (Å²) in [6, 6.07) is 1.55. The minimum Gasteiger partial charge on any atom is -0.269 e. The minimum atomic E-state index is 0.0104. The molecular weight excluding hydrogens is 172 g/mol. The first-order valence-corrected chi connectivity index (χ1v) is 4.51. The Balaban J connectivity index is 3.03. The molecule has 3 nitrogen and oxygen atoms in total. The molecule has 2 rings (SSSR count). The monoisotopic (exact) mass is 180 g/mol. The van der Waals surface area contributed by atoms with E-state index in [2.05, 4.69) is 4.98 Å². The fraction of sp³-hybridized carbons (Fsp3) is 0.250. The fourth-order valence-electron chi connectivity index (χ4n) is 1.17. The van der Waals surface area contributed by atoms with Gasteiger partial charge in [0.15, 0.2) is 4.96 Å². The van der Waals surface area contributed by atoms with Crippen molar-refractivity contribution in [3.8, 4) is 0 Å². The minimum absolute atomic E-state index is 0.0104. The van der Waals surface area contributed by atoms with Crippen molar-refractivity contribution in [2.45, 2.75) is 13.8 Å². The first kappa shape index (κ1) is 7.49. The molecule has 0 atom stereocenters. The van der Waals surface area contributed by atoms with Crippen LogP contribution < -0.4 is 5.56 Å². The van der Waals surface area contributed by atoms with Gasteiger partial charge in [0.25, 0.3) is 5.56 Å². The standard InChI is InChI=1S/C8H8N2OS/c1-5-3-7(11)10-6(2)4-12-8(10)9-5/h3-4H,1-2H3. The van der Waals surface area contributed by atoms with E-state index in [-0.39, 0.29) is 5.56 Å². The van der Waals surface area contributed by atoms with E-state index in [0.717, 1.165) is 16.3 Å². The third-order valence-corrected chi connectivity index (χ3v) is 2.65. The molecule has 2 aromatic rings. The molecule has 0 radical (unpaired) electrons. The van der Waals surface area contributed by atoms with Crippen LogP contribution in [0.4, 0.5) is 0 Å². The van der Waals surface area contributed by atoms with E-state index in [1.165, 1.54) is 11.3 Å². The zero-order valence-corrected chi connectivity index (χ0v) is 7.68. The highest BCUT2D eigenvalue weighted by Gasteiger charge is 2.02. The summed E-state index contributed by atoms with van der Waals surface area (Å²) >= 11 is 1.49. The Labute approximate surface area is 73.3 Å². The van der Waals surface area contributed by atoms with Gasteiger partial charge in [-0.3, -0.25) is 9.20 Å². The van der Waals surface area contributed by atoms with Gasteiger partial charge in [-0.15, -0.1) is 11.3 Å². The Bertz CT molecular complexity index is 483. The summed E-state index contributed by atoms with van der Waals surface area (Å²) in [4.78, 5) is 16.4. The van der Waals surface area contributed by atoms with Crippen molar-refractivity contribution in [2.75, 3.05) is 0 Å². The number of fused-ring (bicyclic) bond motifs is 1. The lowest BCUT2D eigenvalue weighted by Gasteiger charge is -1.94. The topological polar surface area (TPSA) is 34.4 Å². The van der Waals surface area contributed by atoms with Crippen molar-refractivity contribution in [2.24, 2.45) is 0 Å². The van der Waals surface area contributed by atoms with E-state index in [1.54, 1.807) is 10.5 Å². The van der Waals surface area contributed by atoms with E-state index in [4.69, 9.17) is 0 Å². The van der Waals surface area contributed by atoms with Gasteiger partial charge in [-0.1, -0.05) is 0 Å². The summed E-state index contributed by atoms with van der Waals surface area (Å²) in [5.74, 6) is 0. The van der Waals surface area contributed by atoms with Crippen LogP contribution in [0.5, 0.6) is 0 Å². The lowest BCUT2D eigenvalue weighted by atomic mass is 10.4. The third-order valence-electron chi connectivity index (χ3n) is 1.70. The van der Waals surface area contributed by atoms with Gasteiger partial charge in [-0.25, -0.2) is 4.98 Å². The fourth-order valence-corrected chi connectivity index (χ4v) is 2.08. The Morgan fingerprint density at radius 3 is 3.00 bits per heavy atom. The average molecular weight is 180 g/mol. The Hall–Kier alpha value is -1.16. The van der Waals surface area contributed by atoms with Gasteiger partial charge >= 0.3 is 0 Å². The molecule has 0 saturated carbocycles. The van der Waals surface area contributed by atoms with Gasteiger partial charge in [0.2, 0.25) is 0 Å². The number of aromatic nitrogens is 2. The molecule has 0 aliphatic heterocycles. The maximum atomic E-state index is 11.4. The van der Waals surface area contributed by atoms with Crippen molar-refractivity contribution >= 4 is 16.3 Å². The molecule has 2 aromatic heterocycles. The molecule has 62 valence electrons. The van der Waals surface area contributed by atoms with Crippen LogP contribution >= 0.6 is 11.3 Å². The van der Waals surface area contributed by atoms with Crippen molar-refractivity contribution in [3.63, 3.8) is 0 Å². The number of hydrogen-bond donors (Lipinski definition) is 0. The van der Waals surface area contributed by atoms with Gasteiger partial charge in [0.1, 0.15) is 0 Å². The molecule has 12 heavy (non-hydrogen) atoms. The zero-order chi connectivity index (χ0) is 8.72. The number of thiazole rings is 1. The van der Waals surface area contributed by atoms with Crippen molar-refractivity contribution in [1.29, 1.82) is 0 Å². The lowest BCUT2D eigenvalue weighted by molar-refractivity contribution is 1.00. The van der Waals surface area contributed by atoms with Crippen molar-refractivity contribution < 1.29 is 0 Å². The van der Waals surface area contributed by atoms with Gasteiger partial charge in [-0.2, -0.15) is 0 Å². The second-order valence-corrected chi connectivity index (χ2v) is 3.57. The van der Waals surface area contributed by atoms with Crippen LogP contribution in [0.2, 0.25) is 0 Å². The molecule has 0 spiro atoms. The van der Waals surface area contributed by atoms with Crippen LogP contribution in [-0.4, -0.2) is 9.38 Å². The normalized spacial score (nSPS) is 10.8. The Morgan fingerprint density at radius 2 is 2.25 bits per heavy atom.